The van der Waals surface area contributed by atoms with Crippen molar-refractivity contribution in [2.75, 3.05) is 7.11 Å². The summed E-state index contributed by atoms with van der Waals surface area (Å²) in [6.07, 6.45) is 1.24. The minimum absolute atomic E-state index is 0.153. The molecule has 0 heterocycles. The van der Waals surface area contributed by atoms with Gasteiger partial charge >= 0.3 is 11.9 Å². The van der Waals surface area contributed by atoms with Gasteiger partial charge < -0.3 is 15.2 Å². The maximum Gasteiger partial charge on any atom is 0.307 e. The van der Waals surface area contributed by atoms with Gasteiger partial charge in [0.1, 0.15) is 5.60 Å². The lowest BCUT2D eigenvalue weighted by Crippen LogP contribution is -2.32. The van der Waals surface area contributed by atoms with Crippen LogP contribution in [0, 0.1) is 6.92 Å². The lowest BCUT2D eigenvalue weighted by molar-refractivity contribution is -0.157. The summed E-state index contributed by atoms with van der Waals surface area (Å²) >= 11 is 0. The largest absolute Gasteiger partial charge is 0.469 e. The summed E-state index contributed by atoms with van der Waals surface area (Å²) in [6, 6.07) is 7.53. The minimum Gasteiger partial charge on any atom is -0.469 e. The Balaban J connectivity index is 2.81. The number of hydrogen-bond acceptors (Lipinski definition) is 5. The van der Waals surface area contributed by atoms with E-state index >= 15 is 0 Å². The fraction of sp³-hybridized carbons (Fsp3) is 0.529. The lowest BCUT2D eigenvalue weighted by atomic mass is 9.88. The highest BCUT2D eigenvalue weighted by Crippen LogP contribution is 2.31. The number of carbonyl (C=O) groups is 2. The van der Waals surface area contributed by atoms with E-state index in [9.17, 15) is 9.59 Å². The van der Waals surface area contributed by atoms with Gasteiger partial charge in [0, 0.05) is 13.0 Å². The van der Waals surface area contributed by atoms with E-state index in [1.807, 2.05) is 38.1 Å². The average Bonchev–Trinajstić information content (AvgIpc) is 2.45. The van der Waals surface area contributed by atoms with Gasteiger partial charge in [0.15, 0.2) is 0 Å². The van der Waals surface area contributed by atoms with E-state index in [4.69, 9.17) is 10.5 Å². The van der Waals surface area contributed by atoms with E-state index in [1.165, 1.54) is 14.0 Å². The second kappa shape index (κ2) is 7.94. The number of carbonyl (C=O) groups excluding carboxylic acids is 2. The maximum absolute atomic E-state index is 11.4. The third-order valence-corrected chi connectivity index (χ3v) is 3.68. The van der Waals surface area contributed by atoms with Crippen LogP contribution in [0.4, 0.5) is 0 Å². The van der Waals surface area contributed by atoms with E-state index < -0.39 is 5.60 Å². The summed E-state index contributed by atoms with van der Waals surface area (Å²) in [5, 5.41) is 0. The molecule has 0 amide bonds. The molecule has 0 fully saturated rings. The van der Waals surface area contributed by atoms with Gasteiger partial charge in [-0.1, -0.05) is 29.8 Å². The Bertz CT molecular complexity index is 512. The van der Waals surface area contributed by atoms with Gasteiger partial charge in [0.2, 0.25) is 0 Å². The van der Waals surface area contributed by atoms with Crippen LogP contribution >= 0.6 is 0 Å². The Kier molecular flexibility index (Phi) is 6.56. The third-order valence-electron chi connectivity index (χ3n) is 3.68. The van der Waals surface area contributed by atoms with E-state index in [2.05, 4.69) is 4.74 Å². The predicted molar refractivity (Wildman–Crippen MR) is 84.1 cm³/mol. The third kappa shape index (κ3) is 5.48. The van der Waals surface area contributed by atoms with Crippen LogP contribution < -0.4 is 5.73 Å². The van der Waals surface area contributed by atoms with Gasteiger partial charge in [-0.05, 0) is 32.3 Å². The van der Waals surface area contributed by atoms with Crippen molar-refractivity contribution >= 4 is 11.9 Å². The first-order valence-corrected chi connectivity index (χ1v) is 7.36. The number of benzene rings is 1. The SMILES string of the molecule is COC(=O)CC(N)CCC(C)(OC(C)=O)c1ccc(C)cc1. The zero-order valence-corrected chi connectivity index (χ0v) is 13.7. The number of hydrogen-bond donors (Lipinski definition) is 1. The molecule has 0 bridgehead atoms. The molecule has 2 unspecified atom stereocenters. The van der Waals surface area contributed by atoms with Crippen LogP contribution in [0.15, 0.2) is 24.3 Å². The van der Waals surface area contributed by atoms with Crippen LogP contribution in [0.3, 0.4) is 0 Å². The summed E-state index contributed by atoms with van der Waals surface area (Å²) in [7, 11) is 1.34. The summed E-state index contributed by atoms with van der Waals surface area (Å²) in [5.41, 5.74) is 7.24. The first kappa shape index (κ1) is 18.2. The van der Waals surface area contributed by atoms with Crippen LogP contribution in [-0.2, 0) is 24.7 Å². The van der Waals surface area contributed by atoms with Gasteiger partial charge in [0.05, 0.1) is 13.5 Å². The highest BCUT2D eigenvalue weighted by molar-refractivity contribution is 5.69. The number of methoxy groups -OCH3 is 1. The van der Waals surface area contributed by atoms with Crippen molar-refractivity contribution in [2.24, 2.45) is 5.73 Å². The molecular weight excluding hydrogens is 282 g/mol. The molecule has 5 nitrogen and oxygen atoms in total. The van der Waals surface area contributed by atoms with E-state index in [0.29, 0.717) is 12.8 Å². The van der Waals surface area contributed by atoms with Crippen LogP contribution in [-0.4, -0.2) is 25.1 Å². The molecule has 0 aliphatic heterocycles. The number of esters is 2. The normalized spacial score (nSPS) is 14.8. The van der Waals surface area contributed by atoms with Crippen molar-refractivity contribution in [3.05, 3.63) is 35.4 Å². The molecule has 22 heavy (non-hydrogen) atoms. The molecule has 0 saturated heterocycles. The van der Waals surface area contributed by atoms with Crippen LogP contribution in [0.1, 0.15) is 44.2 Å². The second-order valence-electron chi connectivity index (χ2n) is 5.77. The van der Waals surface area contributed by atoms with Gasteiger partial charge in [-0.3, -0.25) is 9.59 Å². The zero-order valence-electron chi connectivity index (χ0n) is 13.7. The fourth-order valence-corrected chi connectivity index (χ4v) is 2.34. The summed E-state index contributed by atoms with van der Waals surface area (Å²) < 4.78 is 10.1. The standard InChI is InChI=1S/C17H25NO4/c1-12-5-7-14(8-6-12)17(3,22-13(2)19)10-9-15(18)11-16(20)21-4/h5-8,15H,9-11,18H2,1-4H3. The number of ether oxygens (including phenoxy) is 2. The topological polar surface area (TPSA) is 78.6 Å². The Morgan fingerprint density at radius 3 is 2.36 bits per heavy atom. The molecule has 0 aliphatic carbocycles. The second-order valence-corrected chi connectivity index (χ2v) is 5.77. The van der Waals surface area contributed by atoms with Crippen LogP contribution in [0.2, 0.25) is 0 Å². The molecule has 2 atom stereocenters. The first-order chi connectivity index (χ1) is 10.3. The highest BCUT2D eigenvalue weighted by atomic mass is 16.6. The van der Waals surface area contributed by atoms with Gasteiger partial charge in [-0.25, -0.2) is 0 Å². The van der Waals surface area contributed by atoms with Crippen molar-refractivity contribution in [1.29, 1.82) is 0 Å². The smallest absolute Gasteiger partial charge is 0.307 e. The Morgan fingerprint density at radius 1 is 1.27 bits per heavy atom. The lowest BCUT2D eigenvalue weighted by Gasteiger charge is -2.31. The molecule has 122 valence electrons. The quantitative estimate of drug-likeness (QED) is 0.783. The molecule has 0 saturated carbocycles. The van der Waals surface area contributed by atoms with E-state index in [1.54, 1.807) is 0 Å². The van der Waals surface area contributed by atoms with Crippen molar-refractivity contribution in [1.82, 2.24) is 0 Å². The minimum atomic E-state index is -0.757. The summed E-state index contributed by atoms with van der Waals surface area (Å²) in [4.78, 5) is 22.7. The van der Waals surface area contributed by atoms with Gasteiger partial charge in [-0.2, -0.15) is 0 Å². The molecule has 1 rings (SSSR count). The molecule has 1 aromatic rings. The van der Waals surface area contributed by atoms with Crippen molar-refractivity contribution in [2.45, 2.75) is 51.7 Å². The molecule has 0 spiro atoms. The van der Waals surface area contributed by atoms with Crippen molar-refractivity contribution in [3.8, 4) is 0 Å². The zero-order chi connectivity index (χ0) is 16.8. The summed E-state index contributed by atoms with van der Waals surface area (Å²) in [6.45, 7) is 5.25. The monoisotopic (exact) mass is 307 g/mol. The van der Waals surface area contributed by atoms with Gasteiger partial charge in [-0.15, -0.1) is 0 Å². The Labute approximate surface area is 131 Å². The molecule has 0 radical (unpaired) electrons. The molecule has 0 aliphatic rings. The van der Waals surface area contributed by atoms with Crippen LogP contribution in [0.25, 0.3) is 0 Å². The Hall–Kier alpha value is -1.88. The molecule has 2 N–H and O–H groups in total. The average molecular weight is 307 g/mol. The van der Waals surface area contributed by atoms with E-state index in [-0.39, 0.29) is 24.4 Å². The molecule has 1 aromatic carbocycles. The molecule has 0 aromatic heterocycles. The molecular formula is C17H25NO4. The van der Waals surface area contributed by atoms with Gasteiger partial charge in [0.25, 0.3) is 0 Å². The number of nitrogens with two attached hydrogens (primary N) is 1. The summed E-state index contributed by atoms with van der Waals surface area (Å²) in [5.74, 6) is -0.679. The Morgan fingerprint density at radius 2 is 1.86 bits per heavy atom. The van der Waals surface area contributed by atoms with E-state index in [0.717, 1.165) is 11.1 Å². The van der Waals surface area contributed by atoms with Crippen LogP contribution in [0.5, 0.6) is 0 Å². The molecule has 5 heteroatoms. The highest BCUT2D eigenvalue weighted by Gasteiger charge is 2.30. The number of rotatable bonds is 7. The number of aryl methyl sites for hydroxylation is 1. The maximum atomic E-state index is 11.4. The van der Waals surface area contributed by atoms with Crippen molar-refractivity contribution < 1.29 is 19.1 Å². The van der Waals surface area contributed by atoms with Crippen molar-refractivity contribution in [3.63, 3.8) is 0 Å². The fourth-order valence-electron chi connectivity index (χ4n) is 2.34. The first-order valence-electron chi connectivity index (χ1n) is 7.36. The predicted octanol–water partition coefficient (Wildman–Crippen LogP) is 2.44.